The monoisotopic (exact) mass is 160 g/mol. The van der Waals surface area contributed by atoms with Gasteiger partial charge in [-0.15, -0.1) is 0 Å². The lowest BCUT2D eigenvalue weighted by Crippen LogP contribution is -2.53. The fourth-order valence-electron chi connectivity index (χ4n) is 1.22. The third-order valence-electron chi connectivity index (χ3n) is 1.90. The van der Waals surface area contributed by atoms with Gasteiger partial charge in [0.2, 0.25) is 0 Å². The van der Waals surface area contributed by atoms with Gasteiger partial charge in [-0.2, -0.15) is 0 Å². The van der Waals surface area contributed by atoms with E-state index >= 15 is 0 Å². The maximum atomic E-state index is 10.7. The van der Waals surface area contributed by atoms with E-state index < -0.39 is 23.8 Å². The van der Waals surface area contributed by atoms with E-state index in [-0.39, 0.29) is 6.42 Å². The van der Waals surface area contributed by atoms with Crippen molar-refractivity contribution in [1.82, 2.24) is 0 Å². The summed E-state index contributed by atoms with van der Waals surface area (Å²) in [5.74, 6) is -0.465. The molecule has 1 rings (SSSR count). The van der Waals surface area contributed by atoms with Gasteiger partial charge in [0.05, 0.1) is 6.42 Å². The molecule has 1 heterocycles. The topological polar surface area (TPSA) is 66.8 Å². The van der Waals surface area contributed by atoms with E-state index in [1.54, 1.807) is 6.92 Å². The van der Waals surface area contributed by atoms with Crippen LogP contribution in [0.3, 0.4) is 0 Å². The highest BCUT2D eigenvalue weighted by Crippen LogP contribution is 2.25. The second-order valence-corrected chi connectivity index (χ2v) is 3.17. The molecule has 1 aliphatic rings. The first kappa shape index (κ1) is 8.49. The molecule has 4 nitrogen and oxygen atoms in total. The van der Waals surface area contributed by atoms with E-state index in [2.05, 4.69) is 4.74 Å². The second-order valence-electron chi connectivity index (χ2n) is 3.17. The summed E-state index contributed by atoms with van der Waals surface area (Å²) in [4.78, 5) is 10.7. The summed E-state index contributed by atoms with van der Waals surface area (Å²) in [5.41, 5.74) is -1.34. The Morgan fingerprint density at radius 2 is 2.27 bits per heavy atom. The number of rotatable bonds is 0. The first-order valence-corrected chi connectivity index (χ1v) is 3.53. The highest BCUT2D eigenvalue weighted by molar-refractivity contribution is 5.72. The van der Waals surface area contributed by atoms with Gasteiger partial charge in [0.25, 0.3) is 0 Å². The van der Waals surface area contributed by atoms with Gasteiger partial charge >= 0.3 is 5.97 Å². The molecule has 11 heavy (non-hydrogen) atoms. The summed E-state index contributed by atoms with van der Waals surface area (Å²) in [6.07, 6.45) is -1.75. The smallest absolute Gasteiger partial charge is 0.309 e. The summed E-state index contributed by atoms with van der Waals surface area (Å²) in [6.45, 7) is 2.98. The summed E-state index contributed by atoms with van der Waals surface area (Å²) < 4.78 is 4.69. The third-order valence-corrected chi connectivity index (χ3v) is 1.90. The van der Waals surface area contributed by atoms with E-state index in [1.807, 2.05) is 0 Å². The first-order chi connectivity index (χ1) is 4.93. The molecule has 1 saturated heterocycles. The minimum absolute atomic E-state index is 0.140. The van der Waals surface area contributed by atoms with Crippen molar-refractivity contribution in [2.24, 2.45) is 0 Å². The second kappa shape index (κ2) is 2.46. The lowest BCUT2D eigenvalue weighted by atomic mass is 9.89. The van der Waals surface area contributed by atoms with Crippen molar-refractivity contribution in [2.75, 3.05) is 0 Å². The van der Waals surface area contributed by atoms with E-state index in [9.17, 15) is 15.0 Å². The van der Waals surface area contributed by atoms with Crippen LogP contribution in [-0.2, 0) is 9.53 Å². The first-order valence-electron chi connectivity index (χ1n) is 3.53. The zero-order valence-electron chi connectivity index (χ0n) is 6.57. The Morgan fingerprint density at radius 1 is 1.73 bits per heavy atom. The quantitative estimate of drug-likeness (QED) is 0.466. The number of aliphatic hydroxyl groups is 2. The number of cyclic esters (lactones) is 1. The molecular weight excluding hydrogens is 148 g/mol. The van der Waals surface area contributed by atoms with Crippen LogP contribution >= 0.6 is 0 Å². The molecule has 0 unspecified atom stereocenters. The molecule has 3 atom stereocenters. The molecule has 0 radical (unpaired) electrons. The van der Waals surface area contributed by atoms with Crippen LogP contribution in [0.4, 0.5) is 0 Å². The minimum Gasteiger partial charge on any atom is -0.460 e. The van der Waals surface area contributed by atoms with E-state index in [0.29, 0.717) is 0 Å². The highest BCUT2D eigenvalue weighted by atomic mass is 16.6. The van der Waals surface area contributed by atoms with Crippen LogP contribution in [0.1, 0.15) is 20.3 Å². The van der Waals surface area contributed by atoms with Crippen LogP contribution in [0, 0.1) is 0 Å². The summed E-state index contributed by atoms with van der Waals surface area (Å²) in [7, 11) is 0. The van der Waals surface area contributed by atoms with Gasteiger partial charge in [0.15, 0.2) is 0 Å². The van der Waals surface area contributed by atoms with Crippen molar-refractivity contribution < 1.29 is 19.7 Å². The highest BCUT2D eigenvalue weighted by Gasteiger charge is 2.42. The number of aliphatic hydroxyl groups excluding tert-OH is 1. The van der Waals surface area contributed by atoms with Gasteiger partial charge in [0, 0.05) is 0 Å². The molecule has 4 heteroatoms. The Labute approximate surface area is 64.8 Å². The van der Waals surface area contributed by atoms with Crippen LogP contribution < -0.4 is 0 Å². The van der Waals surface area contributed by atoms with Crippen molar-refractivity contribution in [3.63, 3.8) is 0 Å². The Balaban J connectivity index is 2.75. The molecule has 0 amide bonds. The molecule has 0 aromatic rings. The normalized spacial score (nSPS) is 45.3. The van der Waals surface area contributed by atoms with Crippen molar-refractivity contribution in [2.45, 2.75) is 38.1 Å². The van der Waals surface area contributed by atoms with E-state index in [0.717, 1.165) is 0 Å². The molecule has 1 fully saturated rings. The van der Waals surface area contributed by atoms with Gasteiger partial charge in [-0.25, -0.2) is 0 Å². The van der Waals surface area contributed by atoms with Crippen LogP contribution in [0.15, 0.2) is 0 Å². The molecule has 0 aromatic carbocycles. The number of carbonyl (C=O) groups excluding carboxylic acids is 1. The number of carbonyl (C=O) groups is 1. The number of hydrogen-bond acceptors (Lipinski definition) is 4. The van der Waals surface area contributed by atoms with Crippen LogP contribution in [-0.4, -0.2) is 34.0 Å². The standard InChI is InChI=1S/C7H12O4/c1-4-6(9)7(2,10)3-5(8)11-4/h4,6,9-10H,3H2,1-2H3/t4-,6-,7+/m0/s1. The summed E-state index contributed by atoms with van der Waals surface area (Å²) in [6, 6.07) is 0. The van der Waals surface area contributed by atoms with Crippen molar-refractivity contribution in [3.8, 4) is 0 Å². The Bertz CT molecular complexity index is 175. The molecule has 0 spiro atoms. The molecule has 0 aliphatic carbocycles. The average molecular weight is 160 g/mol. The Hall–Kier alpha value is -0.610. The van der Waals surface area contributed by atoms with Gasteiger partial charge in [-0.05, 0) is 13.8 Å². The van der Waals surface area contributed by atoms with Gasteiger partial charge in [-0.1, -0.05) is 0 Å². The maximum absolute atomic E-state index is 10.7. The summed E-state index contributed by atoms with van der Waals surface area (Å²) >= 11 is 0. The Morgan fingerprint density at radius 3 is 2.73 bits per heavy atom. The fourth-order valence-corrected chi connectivity index (χ4v) is 1.22. The van der Waals surface area contributed by atoms with Gasteiger partial charge < -0.3 is 14.9 Å². The lowest BCUT2D eigenvalue weighted by molar-refractivity contribution is -0.193. The average Bonchev–Trinajstić information content (AvgIpc) is 1.81. The van der Waals surface area contributed by atoms with Gasteiger partial charge in [0.1, 0.15) is 17.8 Å². The van der Waals surface area contributed by atoms with E-state index in [4.69, 9.17) is 0 Å². The lowest BCUT2D eigenvalue weighted by Gasteiger charge is -2.36. The van der Waals surface area contributed by atoms with Crippen LogP contribution in [0.5, 0.6) is 0 Å². The molecular formula is C7H12O4. The number of hydrogen-bond donors (Lipinski definition) is 2. The summed E-state index contributed by atoms with van der Waals surface area (Å²) in [5, 5.41) is 18.7. The van der Waals surface area contributed by atoms with Crippen LogP contribution in [0.25, 0.3) is 0 Å². The fraction of sp³-hybridized carbons (Fsp3) is 0.857. The molecule has 0 saturated carbocycles. The maximum Gasteiger partial charge on any atom is 0.309 e. The van der Waals surface area contributed by atoms with Crippen molar-refractivity contribution in [1.29, 1.82) is 0 Å². The predicted molar refractivity (Wildman–Crippen MR) is 36.8 cm³/mol. The zero-order chi connectivity index (χ0) is 8.65. The minimum atomic E-state index is -1.34. The SMILES string of the molecule is C[C@@H]1OC(=O)C[C@@](C)(O)[C@H]1O. The third kappa shape index (κ3) is 1.52. The molecule has 0 aromatic heterocycles. The molecule has 64 valence electrons. The van der Waals surface area contributed by atoms with Gasteiger partial charge in [-0.3, -0.25) is 4.79 Å². The van der Waals surface area contributed by atoms with E-state index in [1.165, 1.54) is 6.92 Å². The predicted octanol–water partition coefficient (Wildman–Crippen LogP) is -0.566. The molecule has 1 aliphatic heterocycles. The number of esters is 1. The molecule has 2 N–H and O–H groups in total. The zero-order valence-corrected chi connectivity index (χ0v) is 6.57. The number of ether oxygens (including phenoxy) is 1. The van der Waals surface area contributed by atoms with Crippen LogP contribution in [0.2, 0.25) is 0 Å². The van der Waals surface area contributed by atoms with Crippen molar-refractivity contribution >= 4 is 5.97 Å². The molecule has 0 bridgehead atoms. The van der Waals surface area contributed by atoms with Crippen molar-refractivity contribution in [3.05, 3.63) is 0 Å². The largest absolute Gasteiger partial charge is 0.460 e. The Kier molecular flexibility index (Phi) is 1.90.